The minimum Gasteiger partial charge on any atom is -0.390 e. The van der Waals surface area contributed by atoms with Gasteiger partial charge in [-0.1, -0.05) is 0 Å². The van der Waals surface area contributed by atoms with Gasteiger partial charge in [0.25, 0.3) is 0 Å². The second-order valence-corrected chi connectivity index (χ2v) is 6.14. The zero-order chi connectivity index (χ0) is 18.1. The third kappa shape index (κ3) is 2.97. The van der Waals surface area contributed by atoms with Crippen molar-refractivity contribution in [2.75, 3.05) is 31.1 Å². The smallest absolute Gasteiger partial charge is 0.219 e. The minimum atomic E-state index is -0.144. The molecule has 134 valence electrons. The monoisotopic (exact) mass is 353 g/mol. The average molecular weight is 353 g/mol. The molecule has 9 nitrogen and oxygen atoms in total. The van der Waals surface area contributed by atoms with Crippen molar-refractivity contribution in [1.82, 2.24) is 29.2 Å². The molecule has 0 saturated carbocycles. The first-order valence-electron chi connectivity index (χ1n) is 8.42. The SMILES string of the molecule is CC(=O)N1CCN(c2ccnc(-c3cnc4cnc(CO)cn34)n2)CC1. The Labute approximate surface area is 150 Å². The molecular weight excluding hydrogens is 334 g/mol. The van der Waals surface area contributed by atoms with Gasteiger partial charge in [0.2, 0.25) is 5.91 Å². The Balaban J connectivity index is 1.63. The topological polar surface area (TPSA) is 99.8 Å². The van der Waals surface area contributed by atoms with Crippen molar-refractivity contribution >= 4 is 17.4 Å². The molecule has 1 amide bonds. The van der Waals surface area contributed by atoms with E-state index in [1.807, 2.05) is 15.4 Å². The molecule has 0 atom stereocenters. The highest BCUT2D eigenvalue weighted by atomic mass is 16.3. The summed E-state index contributed by atoms with van der Waals surface area (Å²) < 4.78 is 1.82. The van der Waals surface area contributed by atoms with Gasteiger partial charge in [-0.2, -0.15) is 0 Å². The largest absolute Gasteiger partial charge is 0.390 e. The lowest BCUT2D eigenvalue weighted by Gasteiger charge is -2.34. The summed E-state index contributed by atoms with van der Waals surface area (Å²) in [7, 11) is 0. The summed E-state index contributed by atoms with van der Waals surface area (Å²) in [5.74, 6) is 1.48. The molecule has 4 heterocycles. The Hall–Kier alpha value is -3.07. The van der Waals surface area contributed by atoms with Gasteiger partial charge in [0.05, 0.1) is 24.7 Å². The van der Waals surface area contributed by atoms with E-state index in [1.165, 1.54) is 0 Å². The van der Waals surface area contributed by atoms with E-state index in [-0.39, 0.29) is 12.5 Å². The van der Waals surface area contributed by atoms with Crippen molar-refractivity contribution in [2.45, 2.75) is 13.5 Å². The van der Waals surface area contributed by atoms with Gasteiger partial charge in [0.15, 0.2) is 11.5 Å². The number of aromatic nitrogens is 5. The van der Waals surface area contributed by atoms with E-state index in [9.17, 15) is 9.90 Å². The molecule has 0 bridgehead atoms. The fourth-order valence-corrected chi connectivity index (χ4v) is 3.08. The number of aliphatic hydroxyl groups excluding tert-OH is 1. The molecule has 1 aliphatic rings. The maximum atomic E-state index is 11.5. The molecule has 3 aromatic heterocycles. The molecule has 1 saturated heterocycles. The van der Waals surface area contributed by atoms with E-state index < -0.39 is 0 Å². The number of hydrogen-bond donors (Lipinski definition) is 1. The zero-order valence-corrected chi connectivity index (χ0v) is 14.4. The number of imidazole rings is 1. The summed E-state index contributed by atoms with van der Waals surface area (Å²) in [5, 5.41) is 9.31. The summed E-state index contributed by atoms with van der Waals surface area (Å²) in [6.45, 7) is 4.31. The Morgan fingerprint density at radius 3 is 2.69 bits per heavy atom. The van der Waals surface area contributed by atoms with Crippen LogP contribution in [-0.4, -0.2) is 66.4 Å². The highest BCUT2D eigenvalue weighted by Crippen LogP contribution is 2.21. The van der Waals surface area contributed by atoms with Gasteiger partial charge in [-0.15, -0.1) is 0 Å². The van der Waals surface area contributed by atoms with Crippen LogP contribution in [0.1, 0.15) is 12.6 Å². The van der Waals surface area contributed by atoms with Crippen LogP contribution in [0.3, 0.4) is 0 Å². The Morgan fingerprint density at radius 1 is 1.15 bits per heavy atom. The van der Waals surface area contributed by atoms with Crippen molar-refractivity contribution < 1.29 is 9.90 Å². The molecular formula is C17H19N7O2. The number of carbonyl (C=O) groups is 1. The van der Waals surface area contributed by atoms with Gasteiger partial charge in [-0.05, 0) is 6.07 Å². The van der Waals surface area contributed by atoms with Gasteiger partial charge >= 0.3 is 0 Å². The number of piperazine rings is 1. The van der Waals surface area contributed by atoms with Crippen LogP contribution >= 0.6 is 0 Å². The van der Waals surface area contributed by atoms with Gasteiger partial charge in [-0.25, -0.2) is 15.0 Å². The number of aliphatic hydroxyl groups is 1. The first-order chi connectivity index (χ1) is 12.7. The fourth-order valence-electron chi connectivity index (χ4n) is 3.08. The molecule has 0 radical (unpaired) electrons. The Morgan fingerprint density at radius 2 is 1.96 bits per heavy atom. The van der Waals surface area contributed by atoms with Crippen LogP contribution in [0.2, 0.25) is 0 Å². The first-order valence-corrected chi connectivity index (χ1v) is 8.42. The van der Waals surface area contributed by atoms with Crippen LogP contribution < -0.4 is 4.90 Å². The normalized spacial score (nSPS) is 14.8. The number of fused-ring (bicyclic) bond motifs is 1. The van der Waals surface area contributed by atoms with Crippen LogP contribution in [0, 0.1) is 0 Å². The van der Waals surface area contributed by atoms with Crippen molar-refractivity contribution in [3.63, 3.8) is 0 Å². The molecule has 9 heteroatoms. The zero-order valence-electron chi connectivity index (χ0n) is 14.4. The van der Waals surface area contributed by atoms with Crippen LogP contribution in [0.15, 0.2) is 30.9 Å². The maximum absolute atomic E-state index is 11.5. The summed E-state index contributed by atoms with van der Waals surface area (Å²) >= 11 is 0. The molecule has 1 aliphatic heterocycles. The third-order valence-electron chi connectivity index (χ3n) is 4.53. The van der Waals surface area contributed by atoms with Gasteiger partial charge in [-0.3, -0.25) is 14.2 Å². The Kier molecular flexibility index (Phi) is 4.21. The van der Waals surface area contributed by atoms with Crippen molar-refractivity contribution in [3.8, 4) is 11.5 Å². The van der Waals surface area contributed by atoms with Crippen LogP contribution in [0.4, 0.5) is 5.82 Å². The van der Waals surface area contributed by atoms with Gasteiger partial charge < -0.3 is 14.9 Å². The number of anilines is 1. The molecule has 0 spiro atoms. The molecule has 26 heavy (non-hydrogen) atoms. The molecule has 0 aromatic carbocycles. The fraction of sp³-hybridized carbons (Fsp3) is 0.353. The van der Waals surface area contributed by atoms with Crippen molar-refractivity contribution in [1.29, 1.82) is 0 Å². The van der Waals surface area contributed by atoms with Gasteiger partial charge in [0, 0.05) is 45.5 Å². The molecule has 0 unspecified atom stereocenters. The molecule has 1 fully saturated rings. The van der Waals surface area contributed by atoms with E-state index in [1.54, 1.807) is 31.7 Å². The highest BCUT2D eigenvalue weighted by Gasteiger charge is 2.20. The predicted octanol–water partition coefficient (Wildman–Crippen LogP) is 0.347. The summed E-state index contributed by atoms with van der Waals surface area (Å²) in [5.41, 5.74) is 1.95. The number of hydrogen-bond acceptors (Lipinski definition) is 7. The second-order valence-electron chi connectivity index (χ2n) is 6.14. The Bertz CT molecular complexity index is 947. The van der Waals surface area contributed by atoms with E-state index in [4.69, 9.17) is 0 Å². The first kappa shape index (κ1) is 16.4. The number of nitrogens with zero attached hydrogens (tertiary/aromatic N) is 7. The number of rotatable bonds is 3. The lowest BCUT2D eigenvalue weighted by atomic mass is 10.3. The summed E-state index contributed by atoms with van der Waals surface area (Å²) in [6, 6.07) is 1.87. The average Bonchev–Trinajstić information content (AvgIpc) is 3.11. The highest BCUT2D eigenvalue weighted by molar-refractivity contribution is 5.73. The molecule has 0 aliphatic carbocycles. The standard InChI is InChI=1S/C17H19N7O2/c1-12(26)22-4-6-23(7-5-22)15-2-3-18-17(21-15)14-8-20-16-9-19-13(11-25)10-24(14)16/h2-3,8-10,25H,4-7,11H2,1H3. The van der Waals surface area contributed by atoms with E-state index in [0.717, 1.165) is 24.6 Å². The third-order valence-corrected chi connectivity index (χ3v) is 4.53. The lowest BCUT2D eigenvalue weighted by molar-refractivity contribution is -0.129. The quantitative estimate of drug-likeness (QED) is 0.725. The van der Waals surface area contributed by atoms with Crippen molar-refractivity contribution in [3.05, 3.63) is 36.5 Å². The van der Waals surface area contributed by atoms with Crippen LogP contribution in [-0.2, 0) is 11.4 Å². The second kappa shape index (κ2) is 6.68. The van der Waals surface area contributed by atoms with E-state index in [0.29, 0.717) is 30.3 Å². The van der Waals surface area contributed by atoms with Crippen molar-refractivity contribution in [2.24, 2.45) is 0 Å². The lowest BCUT2D eigenvalue weighted by Crippen LogP contribution is -2.48. The number of carbonyl (C=O) groups excluding carboxylic acids is 1. The predicted molar refractivity (Wildman–Crippen MR) is 94.4 cm³/mol. The summed E-state index contributed by atoms with van der Waals surface area (Å²) in [6.07, 6.45) is 6.77. The minimum absolute atomic E-state index is 0.104. The molecule has 4 rings (SSSR count). The van der Waals surface area contributed by atoms with Crippen LogP contribution in [0.5, 0.6) is 0 Å². The van der Waals surface area contributed by atoms with Gasteiger partial charge in [0.1, 0.15) is 11.5 Å². The van der Waals surface area contributed by atoms with E-state index >= 15 is 0 Å². The van der Waals surface area contributed by atoms with E-state index in [2.05, 4.69) is 24.8 Å². The molecule has 3 aromatic rings. The van der Waals surface area contributed by atoms with Crippen LogP contribution in [0.25, 0.3) is 17.2 Å². The summed E-state index contributed by atoms with van der Waals surface area (Å²) in [4.78, 5) is 33.0. The molecule has 1 N–H and O–H groups in total. The number of amides is 1. The maximum Gasteiger partial charge on any atom is 0.219 e.